The molecule has 1 aromatic heterocycles. The van der Waals surface area contributed by atoms with Crippen molar-refractivity contribution in [1.29, 1.82) is 0 Å². The summed E-state index contributed by atoms with van der Waals surface area (Å²) >= 11 is 7.70. The lowest BCUT2D eigenvalue weighted by atomic mass is 9.90. The van der Waals surface area contributed by atoms with Crippen LogP contribution in [-0.2, 0) is 6.42 Å². The minimum absolute atomic E-state index is 0.823. The molecule has 1 aromatic carbocycles. The zero-order chi connectivity index (χ0) is 11.0. The summed E-state index contributed by atoms with van der Waals surface area (Å²) in [5.41, 5.74) is 5.83. The van der Waals surface area contributed by atoms with Gasteiger partial charge in [-0.15, -0.1) is 11.3 Å². The number of aromatic nitrogens is 1. The molecule has 2 aromatic rings. The maximum Gasteiger partial charge on any atom is 0.0797 e. The van der Waals surface area contributed by atoms with E-state index in [4.69, 9.17) is 11.6 Å². The molecular weight excluding hydrogens is 238 g/mol. The molecule has 0 spiro atoms. The molecule has 0 atom stereocenters. The molecule has 3 heteroatoms. The average molecular weight is 248 g/mol. The van der Waals surface area contributed by atoms with Crippen LogP contribution in [0, 0.1) is 0 Å². The number of rotatable bonds is 1. The summed E-state index contributed by atoms with van der Waals surface area (Å²) < 4.78 is 0. The van der Waals surface area contributed by atoms with E-state index in [-0.39, 0.29) is 0 Å². The number of nitrogens with zero attached hydrogens (tertiary/aromatic N) is 1. The largest absolute Gasteiger partial charge is 0.252 e. The molecule has 0 bridgehead atoms. The van der Waals surface area contributed by atoms with Crippen molar-refractivity contribution in [1.82, 2.24) is 4.98 Å². The molecule has 0 radical (unpaired) electrons. The summed E-state index contributed by atoms with van der Waals surface area (Å²) in [6.07, 6.45) is 6.39. The summed E-state index contributed by atoms with van der Waals surface area (Å²) in [7, 11) is 0. The smallest absolute Gasteiger partial charge is 0.0797 e. The van der Waals surface area contributed by atoms with Crippen LogP contribution in [0.1, 0.15) is 22.4 Å². The van der Waals surface area contributed by atoms with Crippen LogP contribution in [0.2, 0.25) is 5.02 Å². The van der Waals surface area contributed by atoms with Crippen LogP contribution in [0.4, 0.5) is 0 Å². The van der Waals surface area contributed by atoms with Gasteiger partial charge in [0.25, 0.3) is 0 Å². The van der Waals surface area contributed by atoms with Gasteiger partial charge in [0.1, 0.15) is 0 Å². The van der Waals surface area contributed by atoms with Crippen molar-refractivity contribution in [3.05, 3.63) is 57.0 Å². The van der Waals surface area contributed by atoms with Gasteiger partial charge in [-0.3, -0.25) is 4.98 Å². The van der Waals surface area contributed by atoms with Crippen LogP contribution >= 0.6 is 22.9 Å². The number of halogens is 1. The van der Waals surface area contributed by atoms with Crippen LogP contribution in [0.5, 0.6) is 0 Å². The van der Waals surface area contributed by atoms with Gasteiger partial charge < -0.3 is 0 Å². The summed E-state index contributed by atoms with van der Waals surface area (Å²) in [5.74, 6) is 0. The molecule has 16 heavy (non-hydrogen) atoms. The van der Waals surface area contributed by atoms with Crippen molar-refractivity contribution in [3.8, 4) is 0 Å². The zero-order valence-corrected chi connectivity index (χ0v) is 10.2. The fourth-order valence-corrected chi connectivity index (χ4v) is 2.97. The van der Waals surface area contributed by atoms with Gasteiger partial charge in [0.2, 0.25) is 0 Å². The van der Waals surface area contributed by atoms with Crippen molar-refractivity contribution >= 4 is 28.5 Å². The number of thiazole rings is 1. The van der Waals surface area contributed by atoms with Crippen molar-refractivity contribution in [2.75, 3.05) is 0 Å². The molecule has 0 N–H and O–H groups in total. The van der Waals surface area contributed by atoms with Crippen molar-refractivity contribution in [3.63, 3.8) is 0 Å². The molecule has 1 nitrogen and oxygen atoms in total. The summed E-state index contributed by atoms with van der Waals surface area (Å²) in [5, 5.41) is 0.823. The van der Waals surface area contributed by atoms with Gasteiger partial charge in [0.05, 0.1) is 10.4 Å². The lowest BCUT2D eigenvalue weighted by molar-refractivity contribution is 0.978. The maximum absolute atomic E-state index is 6.02. The van der Waals surface area contributed by atoms with Gasteiger partial charge in [-0.25, -0.2) is 0 Å². The van der Waals surface area contributed by atoms with Crippen molar-refractivity contribution in [2.24, 2.45) is 0 Å². The standard InChI is InChI=1S/C13H10ClNS/c14-10-4-5-11-9(6-10)2-1-3-12(11)13-7-15-8-16-13/h3-8H,1-2H2. The fourth-order valence-electron chi connectivity index (χ4n) is 2.10. The Bertz CT molecular complexity index is 543. The molecule has 0 fully saturated rings. The Morgan fingerprint density at radius 2 is 2.25 bits per heavy atom. The quantitative estimate of drug-likeness (QED) is 0.737. The topological polar surface area (TPSA) is 12.9 Å². The van der Waals surface area contributed by atoms with E-state index in [0.717, 1.165) is 17.9 Å². The lowest BCUT2D eigenvalue weighted by Crippen LogP contribution is -1.99. The number of fused-ring (bicyclic) bond motifs is 1. The van der Waals surface area contributed by atoms with Gasteiger partial charge in [-0.2, -0.15) is 0 Å². The summed E-state index contributed by atoms with van der Waals surface area (Å²) in [4.78, 5) is 5.38. The third-order valence-corrected chi connectivity index (χ3v) is 3.86. The van der Waals surface area contributed by atoms with E-state index in [9.17, 15) is 0 Å². The number of benzene rings is 1. The molecule has 1 heterocycles. The van der Waals surface area contributed by atoms with Gasteiger partial charge in [-0.05, 0) is 41.7 Å². The van der Waals surface area contributed by atoms with E-state index < -0.39 is 0 Å². The zero-order valence-electron chi connectivity index (χ0n) is 8.61. The fraction of sp³-hybridized carbons (Fsp3) is 0.154. The van der Waals surface area contributed by atoms with Crippen molar-refractivity contribution in [2.45, 2.75) is 12.8 Å². The third kappa shape index (κ3) is 1.68. The molecular formula is C13H10ClNS. The molecule has 3 rings (SSSR count). The van der Waals surface area contributed by atoms with E-state index in [0.29, 0.717) is 0 Å². The van der Waals surface area contributed by atoms with Gasteiger partial charge in [0.15, 0.2) is 0 Å². The minimum atomic E-state index is 0.823. The lowest BCUT2D eigenvalue weighted by Gasteiger charge is -2.16. The Balaban J connectivity index is 2.14. The first-order valence-corrected chi connectivity index (χ1v) is 6.48. The highest BCUT2D eigenvalue weighted by Crippen LogP contribution is 2.34. The van der Waals surface area contributed by atoms with Crippen LogP contribution in [-0.4, -0.2) is 4.98 Å². The Morgan fingerprint density at radius 1 is 1.31 bits per heavy atom. The van der Waals surface area contributed by atoms with Crippen LogP contribution < -0.4 is 0 Å². The first-order chi connectivity index (χ1) is 7.84. The third-order valence-electron chi connectivity index (χ3n) is 2.82. The van der Waals surface area contributed by atoms with E-state index in [1.54, 1.807) is 11.3 Å². The first-order valence-electron chi connectivity index (χ1n) is 5.22. The van der Waals surface area contributed by atoms with Crippen LogP contribution in [0.15, 0.2) is 36.0 Å². The average Bonchev–Trinajstić information content (AvgIpc) is 2.81. The Labute approximate surface area is 103 Å². The highest BCUT2D eigenvalue weighted by Gasteiger charge is 2.15. The second-order valence-corrected chi connectivity index (χ2v) is 5.15. The van der Waals surface area contributed by atoms with Gasteiger partial charge in [-0.1, -0.05) is 23.7 Å². The molecule has 0 saturated heterocycles. The predicted molar refractivity (Wildman–Crippen MR) is 69.0 cm³/mol. The molecule has 0 unspecified atom stereocenters. The number of hydrogen-bond donors (Lipinski definition) is 0. The maximum atomic E-state index is 6.02. The SMILES string of the molecule is Clc1ccc2c(c1)CCC=C2c1cncs1. The predicted octanol–water partition coefficient (Wildman–Crippen LogP) is 4.17. The van der Waals surface area contributed by atoms with E-state index in [1.807, 2.05) is 17.8 Å². The number of hydrogen-bond acceptors (Lipinski definition) is 2. The Hall–Kier alpha value is -1.12. The minimum Gasteiger partial charge on any atom is -0.252 e. The first kappa shape index (κ1) is 10.1. The molecule has 1 aliphatic carbocycles. The summed E-state index contributed by atoms with van der Waals surface area (Å²) in [6.45, 7) is 0. The highest BCUT2D eigenvalue weighted by atomic mass is 35.5. The summed E-state index contributed by atoms with van der Waals surface area (Å²) in [6, 6.07) is 6.15. The molecule has 0 amide bonds. The Kier molecular flexibility index (Phi) is 2.54. The second kappa shape index (κ2) is 4.04. The van der Waals surface area contributed by atoms with E-state index in [1.165, 1.54) is 21.6 Å². The normalized spacial score (nSPS) is 14.4. The molecule has 0 aliphatic heterocycles. The van der Waals surface area contributed by atoms with Crippen LogP contribution in [0.25, 0.3) is 5.57 Å². The molecule has 80 valence electrons. The molecule has 0 saturated carbocycles. The molecule has 1 aliphatic rings. The number of allylic oxidation sites excluding steroid dienone is 1. The van der Waals surface area contributed by atoms with Gasteiger partial charge >= 0.3 is 0 Å². The van der Waals surface area contributed by atoms with Gasteiger partial charge in [0, 0.05) is 11.2 Å². The van der Waals surface area contributed by atoms with Crippen LogP contribution in [0.3, 0.4) is 0 Å². The Morgan fingerprint density at radius 3 is 3.06 bits per heavy atom. The van der Waals surface area contributed by atoms with E-state index >= 15 is 0 Å². The second-order valence-electron chi connectivity index (χ2n) is 3.82. The van der Waals surface area contributed by atoms with E-state index in [2.05, 4.69) is 23.2 Å². The monoisotopic (exact) mass is 247 g/mol. The highest BCUT2D eigenvalue weighted by molar-refractivity contribution is 7.10. The number of aryl methyl sites for hydroxylation is 1. The van der Waals surface area contributed by atoms with Crippen molar-refractivity contribution < 1.29 is 0 Å².